The summed E-state index contributed by atoms with van der Waals surface area (Å²) < 4.78 is 16.8. The third-order valence-electron chi connectivity index (χ3n) is 13.0. The molecular weight excluding hydrogens is 769 g/mol. The molecule has 6 heteroatoms. The normalized spacial score (nSPS) is 12.6. The van der Waals surface area contributed by atoms with E-state index in [1.165, 1.54) is 186 Å². The molecule has 0 N–H and O–H groups in total. The fraction of sp³-hybridized carbons (Fsp3) is 0.946. The second-order valence-corrected chi connectivity index (χ2v) is 20.4. The number of ether oxygens (including phenoxy) is 3. The lowest BCUT2D eigenvalue weighted by atomic mass is 9.99. The number of unbranched alkanes of at least 4 members (excludes halogenated alkanes) is 31. The van der Waals surface area contributed by atoms with Crippen LogP contribution in [0.1, 0.15) is 305 Å². The van der Waals surface area contributed by atoms with Crippen molar-refractivity contribution in [2.45, 2.75) is 311 Å². The molecule has 6 nitrogen and oxygen atoms in total. The topological polar surface area (TPSA) is 78.9 Å². The van der Waals surface area contributed by atoms with Crippen molar-refractivity contribution in [3.63, 3.8) is 0 Å². The summed E-state index contributed by atoms with van der Waals surface area (Å²) in [7, 11) is 0. The van der Waals surface area contributed by atoms with Crippen LogP contribution in [0.5, 0.6) is 0 Å². The summed E-state index contributed by atoms with van der Waals surface area (Å²) in [6, 6.07) is 0. The number of carbonyl (C=O) groups excluding carboxylic acids is 3. The van der Waals surface area contributed by atoms with Gasteiger partial charge in [-0.2, -0.15) is 0 Å². The van der Waals surface area contributed by atoms with E-state index < -0.39 is 6.10 Å². The zero-order valence-electron chi connectivity index (χ0n) is 42.7. The van der Waals surface area contributed by atoms with E-state index >= 15 is 0 Å². The Bertz CT molecular complexity index is 962. The summed E-state index contributed by atoms with van der Waals surface area (Å²) in [5, 5.41) is 0. The van der Waals surface area contributed by atoms with E-state index in [1.54, 1.807) is 0 Å². The molecule has 0 aromatic heterocycles. The Morgan fingerprint density at radius 3 is 0.839 bits per heavy atom. The van der Waals surface area contributed by atoms with Crippen LogP contribution >= 0.6 is 0 Å². The van der Waals surface area contributed by atoms with Crippen molar-refractivity contribution in [2.75, 3.05) is 13.2 Å². The van der Waals surface area contributed by atoms with Gasteiger partial charge in [0.05, 0.1) is 0 Å². The summed E-state index contributed by atoms with van der Waals surface area (Å²) >= 11 is 0. The largest absolute Gasteiger partial charge is 0.462 e. The van der Waals surface area contributed by atoms with Crippen molar-refractivity contribution in [3.8, 4) is 0 Å². The number of rotatable bonds is 49. The van der Waals surface area contributed by atoms with Gasteiger partial charge in [0, 0.05) is 19.3 Å². The van der Waals surface area contributed by atoms with Gasteiger partial charge in [-0.3, -0.25) is 14.4 Å². The van der Waals surface area contributed by atoms with Crippen molar-refractivity contribution in [3.05, 3.63) is 0 Å². The maximum Gasteiger partial charge on any atom is 0.306 e. The monoisotopic (exact) mass is 877 g/mol. The van der Waals surface area contributed by atoms with Crippen molar-refractivity contribution in [2.24, 2.45) is 17.8 Å². The number of esters is 3. The predicted octanol–water partition coefficient (Wildman–Crippen LogP) is 17.9. The molecule has 0 aromatic rings. The summed E-state index contributed by atoms with van der Waals surface area (Å²) in [6.45, 7) is 13.7. The second kappa shape index (κ2) is 47.4. The molecule has 0 bridgehead atoms. The highest BCUT2D eigenvalue weighted by Crippen LogP contribution is 2.18. The van der Waals surface area contributed by atoms with Gasteiger partial charge < -0.3 is 14.2 Å². The molecule has 0 fully saturated rings. The molecule has 0 saturated heterocycles. The average molecular weight is 877 g/mol. The molecule has 1 unspecified atom stereocenters. The smallest absolute Gasteiger partial charge is 0.306 e. The van der Waals surface area contributed by atoms with Gasteiger partial charge in [-0.1, -0.05) is 266 Å². The maximum atomic E-state index is 12.8. The SMILES string of the molecule is CCC(C)CCCCCCCCCCCCCCCCC(=O)OC[C@@H](COC(=O)CCCCCCCCCCCCCCC(C)C)OC(=O)CCCCCCCCCCC(C)C. The van der Waals surface area contributed by atoms with Crippen LogP contribution in [-0.2, 0) is 28.6 Å². The molecular formula is C56H108O6. The van der Waals surface area contributed by atoms with E-state index in [1.807, 2.05) is 0 Å². The van der Waals surface area contributed by atoms with Gasteiger partial charge in [0.15, 0.2) is 6.10 Å². The third-order valence-corrected chi connectivity index (χ3v) is 13.0. The van der Waals surface area contributed by atoms with Gasteiger partial charge in [-0.25, -0.2) is 0 Å². The molecule has 62 heavy (non-hydrogen) atoms. The lowest BCUT2D eigenvalue weighted by Crippen LogP contribution is -2.30. The molecule has 0 heterocycles. The fourth-order valence-corrected chi connectivity index (χ4v) is 8.44. The van der Waals surface area contributed by atoms with E-state index in [2.05, 4.69) is 41.5 Å². The summed E-state index contributed by atoms with van der Waals surface area (Å²) in [5.41, 5.74) is 0. The van der Waals surface area contributed by atoms with Gasteiger partial charge in [-0.15, -0.1) is 0 Å². The lowest BCUT2D eigenvalue weighted by molar-refractivity contribution is -0.167. The van der Waals surface area contributed by atoms with Crippen molar-refractivity contribution in [1.82, 2.24) is 0 Å². The van der Waals surface area contributed by atoms with Crippen LogP contribution in [0, 0.1) is 17.8 Å². The molecule has 0 spiro atoms. The molecule has 2 atom stereocenters. The van der Waals surface area contributed by atoms with Crippen molar-refractivity contribution < 1.29 is 28.6 Å². The first-order valence-electron chi connectivity index (χ1n) is 27.6. The molecule has 0 aromatic carbocycles. The summed E-state index contributed by atoms with van der Waals surface area (Å²) in [6.07, 6.45) is 48.0. The van der Waals surface area contributed by atoms with Crippen LogP contribution in [0.15, 0.2) is 0 Å². The van der Waals surface area contributed by atoms with Gasteiger partial charge in [0.25, 0.3) is 0 Å². The van der Waals surface area contributed by atoms with Crippen molar-refractivity contribution >= 4 is 17.9 Å². The zero-order valence-corrected chi connectivity index (χ0v) is 42.7. The zero-order chi connectivity index (χ0) is 45.6. The van der Waals surface area contributed by atoms with Crippen LogP contribution in [0.2, 0.25) is 0 Å². The van der Waals surface area contributed by atoms with E-state index in [9.17, 15) is 14.4 Å². The molecule has 0 amide bonds. The first-order valence-corrected chi connectivity index (χ1v) is 27.6. The van der Waals surface area contributed by atoms with Crippen LogP contribution in [0.4, 0.5) is 0 Å². The highest BCUT2D eigenvalue weighted by Gasteiger charge is 2.19. The van der Waals surface area contributed by atoms with Crippen LogP contribution in [0.25, 0.3) is 0 Å². The van der Waals surface area contributed by atoms with Gasteiger partial charge in [-0.05, 0) is 37.0 Å². The summed E-state index contributed by atoms with van der Waals surface area (Å²) in [4.78, 5) is 38.0. The Hall–Kier alpha value is -1.59. The van der Waals surface area contributed by atoms with Crippen LogP contribution in [-0.4, -0.2) is 37.2 Å². The van der Waals surface area contributed by atoms with E-state index in [4.69, 9.17) is 14.2 Å². The number of hydrogen-bond acceptors (Lipinski definition) is 6. The Morgan fingerprint density at radius 2 is 0.565 bits per heavy atom. The fourth-order valence-electron chi connectivity index (χ4n) is 8.44. The van der Waals surface area contributed by atoms with E-state index in [0.717, 1.165) is 75.5 Å². The first kappa shape index (κ1) is 60.4. The molecule has 0 aliphatic heterocycles. The Kier molecular flexibility index (Phi) is 46.2. The number of hydrogen-bond donors (Lipinski definition) is 0. The van der Waals surface area contributed by atoms with Crippen LogP contribution < -0.4 is 0 Å². The second-order valence-electron chi connectivity index (χ2n) is 20.4. The lowest BCUT2D eigenvalue weighted by Gasteiger charge is -2.18. The minimum absolute atomic E-state index is 0.0645. The molecule has 368 valence electrons. The first-order chi connectivity index (χ1) is 30.1. The molecule has 0 aliphatic carbocycles. The Balaban J connectivity index is 4.27. The molecule has 0 radical (unpaired) electrons. The standard InChI is InChI=1S/C56H108O6/c1-7-52(6)44-38-32-26-19-15-10-8-9-11-16-20-27-33-39-45-54(57)60-48-53(62-56(59)47-41-35-29-23-22-25-31-37-43-51(4)5)49-61-55(58)46-40-34-28-21-17-13-12-14-18-24-30-36-42-50(2)3/h50-53H,7-49H2,1-6H3/t52?,53-/m0/s1. The summed E-state index contributed by atoms with van der Waals surface area (Å²) in [5.74, 6) is 1.67. The Labute approximate surface area is 387 Å². The van der Waals surface area contributed by atoms with E-state index in [0.29, 0.717) is 19.3 Å². The predicted molar refractivity (Wildman–Crippen MR) is 266 cm³/mol. The minimum Gasteiger partial charge on any atom is -0.462 e. The van der Waals surface area contributed by atoms with Gasteiger partial charge in [0.2, 0.25) is 0 Å². The number of carbonyl (C=O) groups is 3. The highest BCUT2D eigenvalue weighted by molar-refractivity contribution is 5.71. The quantitative estimate of drug-likeness (QED) is 0.0344. The minimum atomic E-state index is -0.763. The third kappa shape index (κ3) is 47.9. The molecule has 0 saturated carbocycles. The van der Waals surface area contributed by atoms with Gasteiger partial charge >= 0.3 is 17.9 Å². The van der Waals surface area contributed by atoms with Gasteiger partial charge in [0.1, 0.15) is 13.2 Å². The van der Waals surface area contributed by atoms with Crippen molar-refractivity contribution in [1.29, 1.82) is 0 Å². The van der Waals surface area contributed by atoms with Crippen LogP contribution in [0.3, 0.4) is 0 Å². The van der Waals surface area contributed by atoms with E-state index in [-0.39, 0.29) is 31.1 Å². The average Bonchev–Trinajstić information content (AvgIpc) is 3.24. The Morgan fingerprint density at radius 1 is 0.323 bits per heavy atom. The molecule has 0 aliphatic rings. The molecule has 0 rings (SSSR count). The highest BCUT2D eigenvalue weighted by atomic mass is 16.6. The maximum absolute atomic E-state index is 12.8.